The third-order valence-electron chi connectivity index (χ3n) is 1.87. The van der Waals surface area contributed by atoms with Crippen molar-refractivity contribution in [1.29, 1.82) is 0 Å². The Morgan fingerprint density at radius 3 is 3.00 bits per heavy atom. The van der Waals surface area contributed by atoms with Crippen molar-refractivity contribution in [3.05, 3.63) is 6.61 Å². The summed E-state index contributed by atoms with van der Waals surface area (Å²) in [5.74, 6) is 0. The highest BCUT2D eigenvalue weighted by Crippen LogP contribution is 2.14. The molecule has 0 aromatic carbocycles. The molecule has 0 aromatic heterocycles. The highest BCUT2D eigenvalue weighted by molar-refractivity contribution is 4.71. The lowest BCUT2D eigenvalue weighted by Crippen LogP contribution is -2.21. The van der Waals surface area contributed by atoms with Crippen molar-refractivity contribution in [2.75, 3.05) is 26.9 Å². The van der Waals surface area contributed by atoms with Crippen LogP contribution in [0.15, 0.2) is 0 Å². The largest absolute Gasteiger partial charge is 0.382 e. The zero-order valence-corrected chi connectivity index (χ0v) is 7.62. The van der Waals surface area contributed by atoms with E-state index in [-0.39, 0.29) is 6.10 Å². The molecule has 1 atom stereocenters. The van der Waals surface area contributed by atoms with Gasteiger partial charge in [0.25, 0.3) is 0 Å². The number of hydrogen-bond acceptors (Lipinski definition) is 3. The van der Waals surface area contributed by atoms with Crippen molar-refractivity contribution in [3.8, 4) is 0 Å². The van der Waals surface area contributed by atoms with Gasteiger partial charge in [0.05, 0.1) is 19.3 Å². The van der Waals surface area contributed by atoms with Gasteiger partial charge in [-0.3, -0.25) is 0 Å². The first-order valence-corrected chi connectivity index (χ1v) is 4.49. The van der Waals surface area contributed by atoms with E-state index in [1.165, 1.54) is 12.8 Å². The van der Waals surface area contributed by atoms with Crippen LogP contribution in [0.4, 0.5) is 0 Å². The molecule has 0 N–H and O–H groups in total. The van der Waals surface area contributed by atoms with Gasteiger partial charge in [-0.25, -0.2) is 0 Å². The van der Waals surface area contributed by atoms with Gasteiger partial charge in [-0.15, -0.1) is 0 Å². The van der Waals surface area contributed by atoms with Crippen molar-refractivity contribution in [2.45, 2.75) is 25.4 Å². The van der Waals surface area contributed by atoms with Crippen LogP contribution in [0.5, 0.6) is 0 Å². The molecule has 0 amide bonds. The second-order valence-electron chi connectivity index (χ2n) is 2.90. The lowest BCUT2D eigenvalue weighted by Gasteiger charge is -2.21. The number of rotatable bonds is 5. The fourth-order valence-corrected chi connectivity index (χ4v) is 1.18. The van der Waals surface area contributed by atoms with E-state index in [0.29, 0.717) is 13.2 Å². The van der Waals surface area contributed by atoms with E-state index < -0.39 is 0 Å². The standard InChI is InChI=1S/C9H17O3/c1-10-6-7-11-8-9-4-2-3-5-12-9/h8-9H,2-7H2,1H3. The predicted octanol–water partition coefficient (Wildman–Crippen LogP) is 1.38. The Morgan fingerprint density at radius 1 is 1.42 bits per heavy atom. The first kappa shape index (κ1) is 9.96. The van der Waals surface area contributed by atoms with E-state index in [9.17, 15) is 0 Å². The second-order valence-corrected chi connectivity index (χ2v) is 2.90. The van der Waals surface area contributed by atoms with Crippen LogP contribution in [0.3, 0.4) is 0 Å². The normalized spacial score (nSPS) is 24.2. The summed E-state index contributed by atoms with van der Waals surface area (Å²) < 4.78 is 15.5. The Labute approximate surface area is 74.0 Å². The summed E-state index contributed by atoms with van der Waals surface area (Å²) in [6, 6.07) is 0. The summed E-state index contributed by atoms with van der Waals surface area (Å²) in [5, 5.41) is 0. The quantitative estimate of drug-likeness (QED) is 0.588. The van der Waals surface area contributed by atoms with Gasteiger partial charge >= 0.3 is 0 Å². The third kappa shape index (κ3) is 4.04. The zero-order valence-electron chi connectivity index (χ0n) is 7.62. The van der Waals surface area contributed by atoms with Gasteiger partial charge in [0, 0.05) is 13.7 Å². The maximum atomic E-state index is 5.44. The summed E-state index contributed by atoms with van der Waals surface area (Å²) in [5.41, 5.74) is 0. The average molecular weight is 173 g/mol. The fraction of sp³-hybridized carbons (Fsp3) is 0.889. The smallest absolute Gasteiger partial charge is 0.112 e. The van der Waals surface area contributed by atoms with E-state index >= 15 is 0 Å². The lowest BCUT2D eigenvalue weighted by molar-refractivity contribution is -0.0134. The Morgan fingerprint density at radius 2 is 2.33 bits per heavy atom. The van der Waals surface area contributed by atoms with Crippen molar-refractivity contribution in [1.82, 2.24) is 0 Å². The molecule has 0 aromatic rings. The van der Waals surface area contributed by atoms with Gasteiger partial charge in [0.2, 0.25) is 0 Å². The van der Waals surface area contributed by atoms with Gasteiger partial charge in [0.15, 0.2) is 0 Å². The minimum absolute atomic E-state index is 0.204. The molecular formula is C9H17O3. The van der Waals surface area contributed by atoms with E-state index in [4.69, 9.17) is 14.2 Å². The minimum Gasteiger partial charge on any atom is -0.382 e. The molecule has 1 aliphatic rings. The molecule has 1 heterocycles. The zero-order chi connectivity index (χ0) is 8.65. The summed E-state index contributed by atoms with van der Waals surface area (Å²) in [4.78, 5) is 0. The number of methoxy groups -OCH3 is 1. The molecule has 0 bridgehead atoms. The lowest BCUT2D eigenvalue weighted by atomic mass is 10.1. The van der Waals surface area contributed by atoms with E-state index in [2.05, 4.69) is 0 Å². The van der Waals surface area contributed by atoms with Crippen LogP contribution in [-0.4, -0.2) is 33.0 Å². The monoisotopic (exact) mass is 173 g/mol. The van der Waals surface area contributed by atoms with Crippen LogP contribution >= 0.6 is 0 Å². The average Bonchev–Trinajstić information content (AvgIpc) is 2.14. The molecule has 0 saturated carbocycles. The van der Waals surface area contributed by atoms with Crippen LogP contribution in [0, 0.1) is 6.61 Å². The van der Waals surface area contributed by atoms with Crippen LogP contribution in [0.25, 0.3) is 0 Å². The van der Waals surface area contributed by atoms with Crippen molar-refractivity contribution in [3.63, 3.8) is 0 Å². The first-order chi connectivity index (χ1) is 5.93. The van der Waals surface area contributed by atoms with Gasteiger partial charge < -0.3 is 14.2 Å². The van der Waals surface area contributed by atoms with Gasteiger partial charge in [-0.2, -0.15) is 0 Å². The highest BCUT2D eigenvalue weighted by atomic mass is 16.5. The molecular weight excluding hydrogens is 156 g/mol. The van der Waals surface area contributed by atoms with E-state index in [1.54, 1.807) is 13.7 Å². The maximum absolute atomic E-state index is 5.44. The molecule has 1 unspecified atom stereocenters. The second kappa shape index (κ2) is 6.40. The molecule has 71 valence electrons. The molecule has 1 radical (unpaired) electrons. The summed E-state index contributed by atoms with van der Waals surface area (Å²) >= 11 is 0. The molecule has 1 saturated heterocycles. The van der Waals surface area contributed by atoms with Crippen LogP contribution < -0.4 is 0 Å². The summed E-state index contributed by atoms with van der Waals surface area (Å²) in [7, 11) is 1.67. The maximum Gasteiger partial charge on any atom is 0.112 e. The third-order valence-corrected chi connectivity index (χ3v) is 1.87. The Balaban J connectivity index is 1.91. The van der Waals surface area contributed by atoms with E-state index in [1.807, 2.05) is 0 Å². The predicted molar refractivity (Wildman–Crippen MR) is 45.7 cm³/mol. The SMILES string of the molecule is COCCO[CH]C1CCCCO1. The Kier molecular flexibility index (Phi) is 5.32. The van der Waals surface area contributed by atoms with Crippen molar-refractivity contribution < 1.29 is 14.2 Å². The van der Waals surface area contributed by atoms with Gasteiger partial charge in [0.1, 0.15) is 6.61 Å². The van der Waals surface area contributed by atoms with Crippen molar-refractivity contribution in [2.24, 2.45) is 0 Å². The van der Waals surface area contributed by atoms with Gasteiger partial charge in [-0.1, -0.05) is 0 Å². The Hall–Kier alpha value is -0.120. The minimum atomic E-state index is 0.204. The number of ether oxygens (including phenoxy) is 3. The van der Waals surface area contributed by atoms with Gasteiger partial charge in [-0.05, 0) is 19.3 Å². The summed E-state index contributed by atoms with van der Waals surface area (Å²) in [6.45, 7) is 3.92. The molecule has 12 heavy (non-hydrogen) atoms. The fourth-order valence-electron chi connectivity index (χ4n) is 1.18. The molecule has 0 spiro atoms. The molecule has 3 nitrogen and oxygen atoms in total. The highest BCUT2D eigenvalue weighted by Gasteiger charge is 2.13. The van der Waals surface area contributed by atoms with Crippen molar-refractivity contribution >= 4 is 0 Å². The van der Waals surface area contributed by atoms with Crippen LogP contribution in [0.1, 0.15) is 19.3 Å². The topological polar surface area (TPSA) is 27.7 Å². The summed E-state index contributed by atoms with van der Waals surface area (Å²) in [6.07, 6.45) is 3.72. The molecule has 0 aliphatic carbocycles. The molecule has 1 aliphatic heterocycles. The number of hydrogen-bond donors (Lipinski definition) is 0. The molecule has 3 heteroatoms. The molecule has 1 rings (SSSR count). The van der Waals surface area contributed by atoms with Crippen LogP contribution in [0.2, 0.25) is 0 Å². The van der Waals surface area contributed by atoms with E-state index in [0.717, 1.165) is 13.0 Å². The first-order valence-electron chi connectivity index (χ1n) is 4.49. The molecule has 1 fully saturated rings. The van der Waals surface area contributed by atoms with Crippen LogP contribution in [-0.2, 0) is 14.2 Å². The Bertz CT molecular complexity index is 99.9.